The number of halogens is 1. The molecule has 0 bridgehead atoms. The molecule has 6 heteroatoms. The third-order valence-electron chi connectivity index (χ3n) is 3.57. The minimum Gasteiger partial charge on any atom is -0.307 e. The number of fused-ring (bicyclic) bond motifs is 1. The second-order valence-corrected chi connectivity index (χ2v) is 6.40. The van der Waals surface area contributed by atoms with Gasteiger partial charge in [0.25, 0.3) is 5.91 Å². The van der Waals surface area contributed by atoms with Crippen molar-refractivity contribution >= 4 is 23.4 Å². The van der Waals surface area contributed by atoms with Gasteiger partial charge in [-0.1, -0.05) is 6.92 Å². The molecule has 0 aliphatic carbocycles. The van der Waals surface area contributed by atoms with Gasteiger partial charge in [0.2, 0.25) is 0 Å². The molecule has 0 unspecified atom stereocenters. The number of benzene rings is 1. The average molecular weight is 319 g/mol. The van der Waals surface area contributed by atoms with Crippen LogP contribution in [0, 0.1) is 5.82 Å². The third kappa shape index (κ3) is 3.02. The molecule has 0 spiro atoms. The van der Waals surface area contributed by atoms with Crippen LogP contribution in [0.3, 0.4) is 0 Å². The van der Waals surface area contributed by atoms with Gasteiger partial charge in [-0.3, -0.25) is 9.48 Å². The van der Waals surface area contributed by atoms with Gasteiger partial charge < -0.3 is 4.90 Å². The summed E-state index contributed by atoms with van der Waals surface area (Å²) in [4.78, 5) is 15.4. The summed E-state index contributed by atoms with van der Waals surface area (Å²) in [6.07, 6.45) is 5.21. The summed E-state index contributed by atoms with van der Waals surface area (Å²) in [7, 11) is 0. The Bertz CT molecular complexity index is 686. The minimum absolute atomic E-state index is 0.114. The molecule has 0 atom stereocenters. The summed E-state index contributed by atoms with van der Waals surface area (Å²) >= 11 is 1.67. The van der Waals surface area contributed by atoms with E-state index in [4.69, 9.17) is 0 Å². The molecule has 22 heavy (non-hydrogen) atoms. The van der Waals surface area contributed by atoms with Crippen molar-refractivity contribution in [3.63, 3.8) is 0 Å². The lowest BCUT2D eigenvalue weighted by Crippen LogP contribution is -2.31. The van der Waals surface area contributed by atoms with Crippen molar-refractivity contribution < 1.29 is 9.18 Å². The highest BCUT2D eigenvalue weighted by Crippen LogP contribution is 2.35. The fraction of sp³-hybridized carbons (Fsp3) is 0.375. The Kier molecular flexibility index (Phi) is 4.47. The summed E-state index contributed by atoms with van der Waals surface area (Å²) in [5.74, 6) is 0.495. The summed E-state index contributed by atoms with van der Waals surface area (Å²) in [5.41, 5.74) is 1.21. The van der Waals surface area contributed by atoms with Crippen LogP contribution < -0.4 is 4.90 Å². The Hall–Kier alpha value is -1.82. The molecule has 1 aliphatic rings. The van der Waals surface area contributed by atoms with Crippen molar-refractivity contribution in [2.24, 2.45) is 0 Å². The number of hydrogen-bond acceptors (Lipinski definition) is 3. The first-order chi connectivity index (χ1) is 10.7. The molecule has 0 fully saturated rings. The monoisotopic (exact) mass is 319 g/mol. The number of anilines is 1. The molecule has 1 amide bonds. The van der Waals surface area contributed by atoms with Crippen LogP contribution in [0.25, 0.3) is 0 Å². The first kappa shape index (κ1) is 15.1. The molecular formula is C16H18FN3OS. The van der Waals surface area contributed by atoms with E-state index >= 15 is 0 Å². The van der Waals surface area contributed by atoms with Crippen molar-refractivity contribution in [2.45, 2.75) is 31.2 Å². The molecule has 2 aromatic rings. The van der Waals surface area contributed by atoms with Crippen LogP contribution in [0.2, 0.25) is 0 Å². The van der Waals surface area contributed by atoms with E-state index in [-0.39, 0.29) is 11.7 Å². The molecule has 0 saturated heterocycles. The van der Waals surface area contributed by atoms with Crippen LogP contribution in [0.5, 0.6) is 0 Å². The van der Waals surface area contributed by atoms with Crippen LogP contribution in [-0.4, -0.2) is 28.0 Å². The normalized spacial score (nSPS) is 14.5. The molecule has 0 radical (unpaired) electrons. The number of nitrogens with zero attached hydrogens (tertiary/aromatic N) is 3. The number of aryl methyl sites for hydroxylation is 1. The molecule has 1 aliphatic heterocycles. The van der Waals surface area contributed by atoms with Crippen molar-refractivity contribution in [3.05, 3.63) is 42.0 Å². The van der Waals surface area contributed by atoms with E-state index in [0.29, 0.717) is 17.8 Å². The van der Waals surface area contributed by atoms with E-state index < -0.39 is 0 Å². The molecule has 1 aromatic carbocycles. The quantitative estimate of drug-likeness (QED) is 0.868. The maximum Gasteiger partial charge on any atom is 0.261 e. The van der Waals surface area contributed by atoms with Gasteiger partial charge in [0, 0.05) is 24.2 Å². The number of rotatable bonds is 3. The maximum atomic E-state index is 13.6. The van der Waals surface area contributed by atoms with Gasteiger partial charge in [-0.25, -0.2) is 4.39 Å². The van der Waals surface area contributed by atoms with Crippen molar-refractivity contribution in [2.75, 3.05) is 17.2 Å². The number of thioether (sulfide) groups is 1. The molecule has 1 aromatic heterocycles. The van der Waals surface area contributed by atoms with Crippen molar-refractivity contribution in [1.29, 1.82) is 0 Å². The Labute approximate surface area is 133 Å². The van der Waals surface area contributed by atoms with E-state index in [1.54, 1.807) is 39.8 Å². The fourth-order valence-electron chi connectivity index (χ4n) is 2.54. The van der Waals surface area contributed by atoms with Gasteiger partial charge in [-0.15, -0.1) is 11.8 Å². The zero-order chi connectivity index (χ0) is 15.5. The number of aromatic nitrogens is 2. The minimum atomic E-state index is -0.319. The Morgan fingerprint density at radius 2 is 2.32 bits per heavy atom. The number of carbonyl (C=O) groups excluding carboxylic acids is 1. The lowest BCUT2D eigenvalue weighted by Gasteiger charge is -2.21. The second-order valence-electron chi connectivity index (χ2n) is 5.26. The van der Waals surface area contributed by atoms with E-state index in [0.717, 1.165) is 30.0 Å². The lowest BCUT2D eigenvalue weighted by molar-refractivity contribution is 0.0986. The van der Waals surface area contributed by atoms with Gasteiger partial charge in [-0.2, -0.15) is 5.10 Å². The highest BCUT2D eigenvalue weighted by atomic mass is 32.2. The predicted octanol–water partition coefficient (Wildman–Crippen LogP) is 3.57. The summed E-state index contributed by atoms with van der Waals surface area (Å²) in [5, 5.41) is 4.21. The van der Waals surface area contributed by atoms with Crippen molar-refractivity contribution in [3.8, 4) is 0 Å². The molecule has 3 rings (SSSR count). The molecule has 2 heterocycles. The fourth-order valence-corrected chi connectivity index (χ4v) is 3.52. The van der Waals surface area contributed by atoms with E-state index in [1.807, 2.05) is 0 Å². The standard InChI is InChI=1S/C16H18FN3OS/c1-2-6-19-11-12(10-18-19)16(21)20-7-3-8-22-15-5-4-13(17)9-14(15)20/h4-5,9-11H,2-3,6-8H2,1H3. The second kappa shape index (κ2) is 6.52. The number of carbonyl (C=O) groups is 1. The lowest BCUT2D eigenvalue weighted by atomic mass is 10.2. The van der Waals surface area contributed by atoms with Gasteiger partial charge in [0.05, 0.1) is 17.4 Å². The van der Waals surface area contributed by atoms with Crippen molar-refractivity contribution in [1.82, 2.24) is 9.78 Å². The molecule has 116 valence electrons. The summed E-state index contributed by atoms with van der Waals surface area (Å²) in [6.45, 7) is 3.45. The van der Waals surface area contributed by atoms with Crippen LogP contribution in [0.4, 0.5) is 10.1 Å². The highest BCUT2D eigenvalue weighted by molar-refractivity contribution is 7.99. The first-order valence-corrected chi connectivity index (χ1v) is 8.44. The third-order valence-corrected chi connectivity index (χ3v) is 4.72. The van der Waals surface area contributed by atoms with Gasteiger partial charge in [-0.05, 0) is 36.8 Å². The van der Waals surface area contributed by atoms with E-state index in [2.05, 4.69) is 12.0 Å². The van der Waals surface area contributed by atoms with Crippen LogP contribution in [0.1, 0.15) is 30.1 Å². The van der Waals surface area contributed by atoms with Crippen LogP contribution in [-0.2, 0) is 6.54 Å². The summed E-state index contributed by atoms with van der Waals surface area (Å²) in [6, 6.07) is 4.64. The Morgan fingerprint density at radius 3 is 3.14 bits per heavy atom. The molecule has 0 saturated carbocycles. The predicted molar refractivity (Wildman–Crippen MR) is 85.9 cm³/mol. The SMILES string of the molecule is CCCn1cc(C(=O)N2CCCSc3ccc(F)cc32)cn1. The zero-order valence-corrected chi connectivity index (χ0v) is 13.3. The molecular weight excluding hydrogens is 301 g/mol. The molecule has 4 nitrogen and oxygen atoms in total. The topological polar surface area (TPSA) is 38.1 Å². The van der Waals surface area contributed by atoms with Gasteiger partial charge >= 0.3 is 0 Å². The average Bonchev–Trinajstić information content (AvgIpc) is 2.87. The van der Waals surface area contributed by atoms with Crippen LogP contribution >= 0.6 is 11.8 Å². The maximum absolute atomic E-state index is 13.6. The highest BCUT2D eigenvalue weighted by Gasteiger charge is 2.24. The number of amides is 1. The smallest absolute Gasteiger partial charge is 0.261 e. The largest absolute Gasteiger partial charge is 0.307 e. The van der Waals surface area contributed by atoms with E-state index in [9.17, 15) is 9.18 Å². The summed E-state index contributed by atoms with van der Waals surface area (Å²) < 4.78 is 15.4. The first-order valence-electron chi connectivity index (χ1n) is 7.45. The Morgan fingerprint density at radius 1 is 1.45 bits per heavy atom. The zero-order valence-electron chi connectivity index (χ0n) is 12.5. The number of hydrogen-bond donors (Lipinski definition) is 0. The van der Waals surface area contributed by atoms with Gasteiger partial charge in [0.1, 0.15) is 5.82 Å². The van der Waals surface area contributed by atoms with E-state index in [1.165, 1.54) is 12.1 Å². The molecule has 0 N–H and O–H groups in total. The Balaban J connectivity index is 1.93. The van der Waals surface area contributed by atoms with Gasteiger partial charge in [0.15, 0.2) is 0 Å². The van der Waals surface area contributed by atoms with Crippen LogP contribution in [0.15, 0.2) is 35.5 Å².